The van der Waals surface area contributed by atoms with Gasteiger partial charge < -0.3 is 9.52 Å². The van der Waals surface area contributed by atoms with Gasteiger partial charge in [-0.3, -0.25) is 4.79 Å². The third kappa shape index (κ3) is 3.22. The molecule has 0 fully saturated rings. The molecule has 0 aliphatic heterocycles. The molecule has 0 radical (unpaired) electrons. The number of nitrogens with one attached hydrogen (secondary N) is 1. The van der Waals surface area contributed by atoms with Gasteiger partial charge >= 0.3 is 5.91 Å². The maximum absolute atomic E-state index is 11.6. The quantitative estimate of drug-likeness (QED) is 0.655. The summed E-state index contributed by atoms with van der Waals surface area (Å²) in [6.07, 6.45) is 1.38. The van der Waals surface area contributed by atoms with Crippen LogP contribution >= 0.6 is 0 Å². The lowest BCUT2D eigenvalue weighted by Gasteiger charge is -2.00. The highest BCUT2D eigenvalue weighted by Gasteiger charge is 2.08. The molecule has 19 heavy (non-hydrogen) atoms. The standard InChI is InChI=1S/C14H14N2O3/c1-9-3-5-12(17)11(7-9)8-15-16-14(18)13-6-4-10(2)19-13/h3-8,17H,1-2H3,(H,16,18)/b15-8-. The highest BCUT2D eigenvalue weighted by atomic mass is 16.3. The van der Waals surface area contributed by atoms with Crippen molar-refractivity contribution >= 4 is 12.1 Å². The van der Waals surface area contributed by atoms with E-state index in [1.54, 1.807) is 37.3 Å². The number of hydrogen-bond acceptors (Lipinski definition) is 4. The van der Waals surface area contributed by atoms with Crippen molar-refractivity contribution in [2.75, 3.05) is 0 Å². The molecule has 1 aromatic heterocycles. The van der Waals surface area contributed by atoms with E-state index in [1.807, 2.05) is 6.92 Å². The second-order valence-corrected chi connectivity index (χ2v) is 4.17. The number of phenols is 1. The lowest BCUT2D eigenvalue weighted by atomic mass is 10.1. The third-order valence-electron chi connectivity index (χ3n) is 2.52. The van der Waals surface area contributed by atoms with Crippen molar-refractivity contribution < 1.29 is 14.3 Å². The van der Waals surface area contributed by atoms with Crippen LogP contribution in [-0.2, 0) is 0 Å². The fourth-order valence-electron chi connectivity index (χ4n) is 1.55. The molecule has 2 aromatic rings. The van der Waals surface area contributed by atoms with Crippen LogP contribution in [0.15, 0.2) is 39.9 Å². The van der Waals surface area contributed by atoms with E-state index in [4.69, 9.17) is 4.42 Å². The summed E-state index contributed by atoms with van der Waals surface area (Å²) in [6, 6.07) is 8.41. The largest absolute Gasteiger partial charge is 0.507 e. The summed E-state index contributed by atoms with van der Waals surface area (Å²) < 4.78 is 5.16. The number of amides is 1. The number of benzene rings is 1. The van der Waals surface area contributed by atoms with Crippen LogP contribution in [0.4, 0.5) is 0 Å². The Labute approximate surface area is 110 Å². The number of phenolic OH excluding ortho intramolecular Hbond substituents is 1. The van der Waals surface area contributed by atoms with Crippen LogP contribution in [0.5, 0.6) is 5.75 Å². The molecule has 5 nitrogen and oxygen atoms in total. The molecule has 0 bridgehead atoms. The normalized spacial score (nSPS) is 10.8. The van der Waals surface area contributed by atoms with E-state index >= 15 is 0 Å². The maximum atomic E-state index is 11.6. The Hall–Kier alpha value is -2.56. The minimum absolute atomic E-state index is 0.109. The predicted octanol–water partition coefficient (Wildman–Crippen LogP) is 2.37. The van der Waals surface area contributed by atoms with Gasteiger partial charge in [0.15, 0.2) is 5.76 Å². The van der Waals surface area contributed by atoms with Crippen molar-refractivity contribution in [2.45, 2.75) is 13.8 Å². The van der Waals surface area contributed by atoms with Gasteiger partial charge in [0.25, 0.3) is 0 Å². The Morgan fingerprint density at radius 2 is 2.11 bits per heavy atom. The molecular weight excluding hydrogens is 244 g/mol. The van der Waals surface area contributed by atoms with Crippen LogP contribution in [0.2, 0.25) is 0 Å². The molecule has 2 rings (SSSR count). The Morgan fingerprint density at radius 3 is 2.79 bits per heavy atom. The summed E-state index contributed by atoms with van der Waals surface area (Å²) in [7, 11) is 0. The fourth-order valence-corrected chi connectivity index (χ4v) is 1.55. The molecule has 1 heterocycles. The molecule has 0 aliphatic carbocycles. The minimum Gasteiger partial charge on any atom is -0.507 e. The van der Waals surface area contributed by atoms with E-state index in [0.717, 1.165) is 5.56 Å². The van der Waals surface area contributed by atoms with Crippen molar-refractivity contribution in [1.82, 2.24) is 5.43 Å². The fraction of sp³-hybridized carbons (Fsp3) is 0.143. The molecule has 0 atom stereocenters. The molecule has 5 heteroatoms. The number of aromatic hydroxyl groups is 1. The van der Waals surface area contributed by atoms with Gasteiger partial charge in [-0.15, -0.1) is 0 Å². The first-order chi connectivity index (χ1) is 9.06. The first kappa shape index (κ1) is 12.9. The van der Waals surface area contributed by atoms with Gasteiger partial charge in [0.05, 0.1) is 6.21 Å². The summed E-state index contributed by atoms with van der Waals surface area (Å²) in [4.78, 5) is 11.6. The van der Waals surface area contributed by atoms with Gasteiger partial charge in [0.2, 0.25) is 0 Å². The average Bonchev–Trinajstić information content (AvgIpc) is 2.80. The molecule has 1 aromatic carbocycles. The minimum atomic E-state index is -0.434. The molecular formula is C14H14N2O3. The first-order valence-corrected chi connectivity index (χ1v) is 5.76. The third-order valence-corrected chi connectivity index (χ3v) is 2.52. The van der Waals surface area contributed by atoms with Crippen LogP contribution in [0.3, 0.4) is 0 Å². The zero-order valence-electron chi connectivity index (χ0n) is 10.7. The molecule has 1 amide bonds. The molecule has 98 valence electrons. The number of carbonyl (C=O) groups excluding carboxylic acids is 1. The number of nitrogens with zero attached hydrogens (tertiary/aromatic N) is 1. The highest BCUT2D eigenvalue weighted by molar-refractivity contribution is 5.92. The van der Waals surface area contributed by atoms with E-state index < -0.39 is 5.91 Å². The summed E-state index contributed by atoms with van der Waals surface area (Å²) in [5, 5.41) is 13.4. The topological polar surface area (TPSA) is 74.8 Å². The smallest absolute Gasteiger partial charge is 0.307 e. The van der Waals surface area contributed by atoms with Gasteiger partial charge in [-0.25, -0.2) is 5.43 Å². The zero-order chi connectivity index (χ0) is 13.8. The number of hydrazone groups is 1. The lowest BCUT2D eigenvalue weighted by Crippen LogP contribution is -2.16. The zero-order valence-corrected chi connectivity index (χ0v) is 10.7. The van der Waals surface area contributed by atoms with E-state index in [2.05, 4.69) is 10.5 Å². The van der Waals surface area contributed by atoms with Crippen LogP contribution in [0.1, 0.15) is 27.4 Å². The number of rotatable bonds is 3. The SMILES string of the molecule is Cc1ccc(O)c(/C=N\NC(=O)c2ccc(C)o2)c1. The second-order valence-electron chi connectivity index (χ2n) is 4.17. The van der Waals surface area contributed by atoms with Gasteiger partial charge in [-0.2, -0.15) is 5.10 Å². The van der Waals surface area contributed by atoms with E-state index in [-0.39, 0.29) is 11.5 Å². The van der Waals surface area contributed by atoms with Crippen molar-refractivity contribution in [1.29, 1.82) is 0 Å². The van der Waals surface area contributed by atoms with Crippen molar-refractivity contribution in [3.8, 4) is 5.75 Å². The molecule has 0 saturated carbocycles. The van der Waals surface area contributed by atoms with Crippen LogP contribution in [0, 0.1) is 13.8 Å². The number of hydrogen-bond donors (Lipinski definition) is 2. The summed E-state index contributed by atoms with van der Waals surface area (Å²) in [5.41, 5.74) is 3.86. The van der Waals surface area contributed by atoms with Crippen molar-refractivity contribution in [2.24, 2.45) is 5.10 Å². The summed E-state index contributed by atoms with van der Waals surface area (Å²) in [5.74, 6) is 0.530. The van der Waals surface area contributed by atoms with Gasteiger partial charge in [0.1, 0.15) is 11.5 Å². The Balaban J connectivity index is 2.04. The van der Waals surface area contributed by atoms with Crippen molar-refractivity contribution in [3.05, 3.63) is 53.0 Å². The van der Waals surface area contributed by atoms with E-state index in [0.29, 0.717) is 11.3 Å². The van der Waals surface area contributed by atoms with Gasteiger partial charge in [-0.1, -0.05) is 11.6 Å². The van der Waals surface area contributed by atoms with Crippen LogP contribution in [0.25, 0.3) is 0 Å². The lowest BCUT2D eigenvalue weighted by molar-refractivity contribution is 0.0926. The first-order valence-electron chi connectivity index (χ1n) is 5.76. The Kier molecular flexibility index (Phi) is 3.66. The molecule has 0 saturated heterocycles. The Bertz CT molecular complexity index is 629. The number of aryl methyl sites for hydroxylation is 2. The molecule has 0 spiro atoms. The molecule has 0 aliphatic rings. The van der Waals surface area contributed by atoms with Gasteiger partial charge in [0, 0.05) is 5.56 Å². The monoisotopic (exact) mass is 258 g/mol. The van der Waals surface area contributed by atoms with Crippen LogP contribution < -0.4 is 5.43 Å². The maximum Gasteiger partial charge on any atom is 0.307 e. The summed E-state index contributed by atoms with van der Waals surface area (Å²) >= 11 is 0. The average molecular weight is 258 g/mol. The molecule has 2 N–H and O–H groups in total. The summed E-state index contributed by atoms with van der Waals surface area (Å²) in [6.45, 7) is 3.66. The van der Waals surface area contributed by atoms with Crippen LogP contribution in [-0.4, -0.2) is 17.2 Å². The molecule has 0 unspecified atom stereocenters. The second kappa shape index (κ2) is 5.39. The van der Waals surface area contributed by atoms with Gasteiger partial charge in [-0.05, 0) is 38.1 Å². The highest BCUT2D eigenvalue weighted by Crippen LogP contribution is 2.15. The Morgan fingerprint density at radius 1 is 1.32 bits per heavy atom. The van der Waals surface area contributed by atoms with E-state index in [1.165, 1.54) is 6.21 Å². The van der Waals surface area contributed by atoms with E-state index in [9.17, 15) is 9.90 Å². The van der Waals surface area contributed by atoms with Crippen molar-refractivity contribution in [3.63, 3.8) is 0 Å². The predicted molar refractivity (Wildman–Crippen MR) is 71.3 cm³/mol. The number of carbonyl (C=O) groups is 1. The number of furan rings is 1.